The van der Waals surface area contributed by atoms with Gasteiger partial charge in [0, 0.05) is 63.6 Å². The number of hydrogen-bond donors (Lipinski definition) is 5. The summed E-state index contributed by atoms with van der Waals surface area (Å²) in [4.78, 5) is 44.9. The summed E-state index contributed by atoms with van der Waals surface area (Å²) in [6.45, 7) is 3.65. The van der Waals surface area contributed by atoms with Crippen molar-refractivity contribution >= 4 is 28.9 Å². The molecule has 0 saturated heterocycles. The molecule has 1 saturated carbocycles. The topological polar surface area (TPSA) is 177 Å². The summed E-state index contributed by atoms with van der Waals surface area (Å²) < 4.78 is 5.23. The molecule has 0 radical (unpaired) electrons. The predicted octanol–water partition coefficient (Wildman–Crippen LogP) is 0.744. The van der Waals surface area contributed by atoms with Crippen molar-refractivity contribution in [3.05, 3.63) is 39.7 Å². The zero-order valence-corrected chi connectivity index (χ0v) is 25.3. The fourth-order valence-corrected chi connectivity index (χ4v) is 7.09. The first-order chi connectivity index (χ1) is 19.6. The van der Waals surface area contributed by atoms with Crippen molar-refractivity contribution in [3.63, 3.8) is 0 Å². The Morgan fingerprint density at radius 1 is 1.17 bits per heavy atom. The van der Waals surface area contributed by atoms with Gasteiger partial charge in [0.1, 0.15) is 22.8 Å². The lowest BCUT2D eigenvalue weighted by atomic mass is 9.57. The lowest BCUT2D eigenvalue weighted by molar-refractivity contribution is -0.153. The zero-order chi connectivity index (χ0) is 31.4. The van der Waals surface area contributed by atoms with Crippen molar-refractivity contribution in [2.24, 2.45) is 23.5 Å². The number of ketones is 2. The number of carbonyl (C=O) groups excluding carboxylic acids is 3. The van der Waals surface area contributed by atoms with Crippen molar-refractivity contribution in [2.45, 2.75) is 38.0 Å². The summed E-state index contributed by atoms with van der Waals surface area (Å²) in [5, 5.41) is 46.0. The number of ether oxygens (including phenoxy) is 1. The first-order valence-electron chi connectivity index (χ1n) is 13.9. The molecule has 0 aliphatic heterocycles. The maximum atomic E-state index is 14.1. The lowest BCUT2D eigenvalue weighted by Gasteiger charge is -2.50. The number of likely N-dealkylation sites (N-methyl/N-ethyl adjacent to an activating group) is 1. The molecule has 6 N–H and O–H groups in total. The Hall–Kier alpha value is -3.45. The van der Waals surface area contributed by atoms with Gasteiger partial charge in [-0.2, -0.15) is 0 Å². The molecule has 1 unspecified atom stereocenters. The number of aliphatic hydroxyl groups is 3. The number of anilines is 1. The van der Waals surface area contributed by atoms with E-state index in [0.717, 1.165) is 5.69 Å². The van der Waals surface area contributed by atoms with E-state index in [4.69, 9.17) is 10.5 Å². The highest BCUT2D eigenvalue weighted by Crippen LogP contribution is 2.54. The van der Waals surface area contributed by atoms with Gasteiger partial charge in [-0.15, -0.1) is 0 Å². The number of carbonyl (C=O) groups is 3. The Labute approximate surface area is 245 Å². The maximum Gasteiger partial charge on any atom is 0.255 e. The predicted molar refractivity (Wildman–Crippen MR) is 156 cm³/mol. The van der Waals surface area contributed by atoms with Crippen LogP contribution in [0, 0.1) is 17.8 Å². The highest BCUT2D eigenvalue weighted by atomic mass is 16.5. The summed E-state index contributed by atoms with van der Waals surface area (Å²) in [6, 6.07) is 0.744. The molecule has 230 valence electrons. The van der Waals surface area contributed by atoms with Gasteiger partial charge in [-0.05, 0) is 57.5 Å². The average Bonchev–Trinajstić information content (AvgIpc) is 2.87. The second-order valence-corrected chi connectivity index (χ2v) is 12.4. The van der Waals surface area contributed by atoms with E-state index in [1.807, 2.05) is 43.9 Å². The number of phenolic OH excluding ortho intramolecular Hbond substituents is 1. The van der Waals surface area contributed by atoms with E-state index < -0.39 is 58.0 Å². The SMILES string of the molecule is COCC(C)CN(C)Cc1cc(N(C)C)c2c(c1O)C(O)=C1C(=O)[C@]3(O)C(O)=C(C(N)=O)C(=O)[C@@H](N(C)C)[C@@H]3C[C@@H]1C2. The molecular weight excluding hydrogens is 544 g/mol. The molecule has 1 amide bonds. The normalized spacial score (nSPS) is 26.4. The second-order valence-electron chi connectivity index (χ2n) is 12.4. The van der Waals surface area contributed by atoms with Crippen LogP contribution in [-0.4, -0.2) is 115 Å². The molecule has 1 aromatic carbocycles. The Kier molecular flexibility index (Phi) is 8.49. The fourth-order valence-electron chi connectivity index (χ4n) is 7.09. The fraction of sp³-hybridized carbons (Fsp3) is 0.567. The number of benzene rings is 1. The molecule has 4 rings (SSSR count). The van der Waals surface area contributed by atoms with Crippen LogP contribution < -0.4 is 10.6 Å². The summed E-state index contributed by atoms with van der Waals surface area (Å²) >= 11 is 0. The van der Waals surface area contributed by atoms with Crippen molar-refractivity contribution < 1.29 is 39.5 Å². The van der Waals surface area contributed by atoms with E-state index in [1.54, 1.807) is 21.2 Å². The first-order valence-corrected chi connectivity index (χ1v) is 13.9. The molecule has 0 heterocycles. The molecule has 12 heteroatoms. The number of nitrogens with two attached hydrogens (primary N) is 1. The summed E-state index contributed by atoms with van der Waals surface area (Å²) in [5.74, 6) is -6.36. The molecule has 3 aliphatic rings. The van der Waals surface area contributed by atoms with E-state index in [0.29, 0.717) is 30.8 Å². The van der Waals surface area contributed by atoms with Gasteiger partial charge < -0.3 is 40.7 Å². The number of phenols is 1. The number of primary amides is 1. The number of aromatic hydroxyl groups is 1. The van der Waals surface area contributed by atoms with Crippen molar-refractivity contribution in [1.29, 1.82) is 0 Å². The molecular formula is C30H42N4O8. The quantitative estimate of drug-likeness (QED) is 0.258. The molecule has 0 spiro atoms. The summed E-state index contributed by atoms with van der Waals surface area (Å²) in [6.07, 6.45) is 0.276. The monoisotopic (exact) mass is 586 g/mol. The summed E-state index contributed by atoms with van der Waals surface area (Å²) in [5.41, 5.74) is 3.73. The molecule has 42 heavy (non-hydrogen) atoms. The zero-order valence-electron chi connectivity index (χ0n) is 25.3. The van der Waals surface area contributed by atoms with Gasteiger partial charge in [-0.1, -0.05) is 6.92 Å². The number of amides is 1. The molecule has 5 atom stereocenters. The average molecular weight is 587 g/mol. The van der Waals surface area contributed by atoms with E-state index in [9.17, 15) is 34.8 Å². The van der Waals surface area contributed by atoms with Gasteiger partial charge in [0.15, 0.2) is 11.4 Å². The molecule has 12 nitrogen and oxygen atoms in total. The van der Waals surface area contributed by atoms with Gasteiger partial charge in [0.2, 0.25) is 5.78 Å². The number of aliphatic hydroxyl groups excluding tert-OH is 2. The van der Waals surface area contributed by atoms with Crippen LogP contribution >= 0.6 is 0 Å². The largest absolute Gasteiger partial charge is 0.508 e. The van der Waals surface area contributed by atoms with Crippen LogP contribution in [0.5, 0.6) is 5.75 Å². The van der Waals surface area contributed by atoms with Gasteiger partial charge in [0.05, 0.1) is 11.6 Å². The van der Waals surface area contributed by atoms with Crippen molar-refractivity contribution in [1.82, 2.24) is 9.80 Å². The molecule has 3 aliphatic carbocycles. The van der Waals surface area contributed by atoms with Crippen LogP contribution in [0.15, 0.2) is 23.0 Å². The number of fused-ring (bicyclic) bond motifs is 3. The van der Waals surface area contributed by atoms with Crippen LogP contribution in [0.3, 0.4) is 0 Å². The molecule has 1 aromatic rings. The van der Waals surface area contributed by atoms with Crippen molar-refractivity contribution in [2.75, 3.05) is 60.4 Å². The molecule has 0 bridgehead atoms. The summed E-state index contributed by atoms with van der Waals surface area (Å²) in [7, 11) is 10.4. The minimum Gasteiger partial charge on any atom is -0.508 e. The van der Waals surface area contributed by atoms with Gasteiger partial charge in [0.25, 0.3) is 5.91 Å². The van der Waals surface area contributed by atoms with Crippen LogP contribution in [-0.2, 0) is 32.1 Å². The minimum atomic E-state index is -2.67. The smallest absolute Gasteiger partial charge is 0.255 e. The first kappa shape index (κ1) is 31.5. The van der Waals surface area contributed by atoms with Crippen LogP contribution in [0.2, 0.25) is 0 Å². The van der Waals surface area contributed by atoms with E-state index >= 15 is 0 Å². The third-order valence-corrected chi connectivity index (χ3v) is 8.77. The second kappa shape index (κ2) is 11.3. The Morgan fingerprint density at radius 3 is 2.36 bits per heavy atom. The van der Waals surface area contributed by atoms with Gasteiger partial charge >= 0.3 is 0 Å². The van der Waals surface area contributed by atoms with E-state index in [2.05, 4.69) is 0 Å². The Bertz CT molecular complexity index is 1380. The highest BCUT2D eigenvalue weighted by Gasteiger charge is 2.64. The van der Waals surface area contributed by atoms with Crippen molar-refractivity contribution in [3.8, 4) is 5.75 Å². The number of methoxy groups -OCH3 is 1. The number of Topliss-reactive ketones (excluding diaryl/α,β-unsaturated/α-hetero) is 2. The standard InChI is InChI=1S/C30H42N4O8/c1-14(13-42-7)11-34(6)12-16-10-19(32(2)3)17-8-15-9-18-23(33(4)5)26(37)22(29(31)40)28(39)30(18,41)27(38)20(15)25(36)21(17)24(16)35/h10,14-15,18,23,35-36,39,41H,8-9,11-13H2,1-7H3,(H2,31,40)/t14?,15-,18-,23-,30-/m0/s1. The third kappa shape index (κ3) is 4.85. The molecule has 0 aromatic heterocycles. The highest BCUT2D eigenvalue weighted by molar-refractivity contribution is 6.24. The molecule has 1 fully saturated rings. The number of hydrogen-bond acceptors (Lipinski definition) is 11. The maximum absolute atomic E-state index is 14.1. The number of nitrogens with zero attached hydrogens (tertiary/aromatic N) is 3. The van der Waals surface area contributed by atoms with E-state index in [1.165, 1.54) is 4.90 Å². The van der Waals surface area contributed by atoms with Gasteiger partial charge in [-0.25, -0.2) is 0 Å². The van der Waals surface area contributed by atoms with Crippen LogP contribution in [0.1, 0.15) is 30.0 Å². The Balaban J connectivity index is 1.89. The van der Waals surface area contributed by atoms with Crippen LogP contribution in [0.25, 0.3) is 5.76 Å². The van der Waals surface area contributed by atoms with Crippen LogP contribution in [0.4, 0.5) is 5.69 Å². The van der Waals surface area contributed by atoms with Gasteiger partial charge in [-0.3, -0.25) is 19.3 Å². The lowest BCUT2D eigenvalue weighted by Crippen LogP contribution is -2.65. The third-order valence-electron chi connectivity index (χ3n) is 8.77. The Morgan fingerprint density at radius 2 is 1.81 bits per heavy atom. The number of rotatable bonds is 9. The minimum absolute atomic E-state index is 0.0429. The van der Waals surface area contributed by atoms with E-state index in [-0.39, 0.29) is 35.6 Å².